The lowest BCUT2D eigenvalue weighted by Gasteiger charge is -2.14. The predicted octanol–water partition coefficient (Wildman–Crippen LogP) is 2.77. The van der Waals surface area contributed by atoms with Crippen molar-refractivity contribution >= 4 is 22.8 Å². The lowest BCUT2D eigenvalue weighted by Crippen LogP contribution is -2.36. The molecule has 0 aliphatic rings. The number of carbonyl (C=O) groups is 2. The number of nitrogens with one attached hydrogen (secondary N) is 2. The highest BCUT2D eigenvalue weighted by molar-refractivity contribution is 5.99. The maximum atomic E-state index is 12.2. The monoisotopic (exact) mass is 288 g/mol. The number of carbonyl (C=O) groups excluding carboxylic acids is 1. The molecule has 2 rings (SSSR count). The van der Waals surface area contributed by atoms with Crippen molar-refractivity contribution in [2.45, 2.75) is 39.7 Å². The zero-order chi connectivity index (χ0) is 15.6. The molecule has 0 radical (unpaired) electrons. The van der Waals surface area contributed by atoms with Gasteiger partial charge in [-0.05, 0) is 44.0 Å². The Morgan fingerprint density at radius 3 is 2.67 bits per heavy atom. The van der Waals surface area contributed by atoms with Gasteiger partial charge in [0.2, 0.25) is 0 Å². The summed E-state index contributed by atoms with van der Waals surface area (Å²) in [5.74, 6) is -1.14. The van der Waals surface area contributed by atoms with Crippen molar-refractivity contribution in [3.05, 3.63) is 35.0 Å². The van der Waals surface area contributed by atoms with Crippen LogP contribution in [0.4, 0.5) is 0 Å². The molecule has 0 fully saturated rings. The second-order valence-corrected chi connectivity index (χ2v) is 5.31. The number of hydrogen-bond donors (Lipinski definition) is 3. The van der Waals surface area contributed by atoms with Crippen molar-refractivity contribution in [2.75, 3.05) is 0 Å². The Bertz CT molecular complexity index is 688. The van der Waals surface area contributed by atoms with Gasteiger partial charge in [-0.2, -0.15) is 0 Å². The van der Waals surface area contributed by atoms with Crippen LogP contribution >= 0.6 is 0 Å². The third-order valence-electron chi connectivity index (χ3n) is 3.82. The van der Waals surface area contributed by atoms with Gasteiger partial charge in [-0.3, -0.25) is 9.59 Å². The van der Waals surface area contributed by atoms with E-state index in [-0.39, 0.29) is 18.4 Å². The van der Waals surface area contributed by atoms with Crippen molar-refractivity contribution in [3.63, 3.8) is 0 Å². The van der Waals surface area contributed by atoms with E-state index in [2.05, 4.69) is 10.3 Å². The van der Waals surface area contributed by atoms with Gasteiger partial charge in [-0.1, -0.05) is 6.92 Å². The minimum Gasteiger partial charge on any atom is -0.481 e. The summed E-state index contributed by atoms with van der Waals surface area (Å²) in [6.07, 6.45) is 0.523. The normalized spacial score (nSPS) is 12.3. The average Bonchev–Trinajstić information content (AvgIpc) is 2.72. The smallest absolute Gasteiger partial charge is 0.305 e. The average molecular weight is 288 g/mol. The first kappa shape index (κ1) is 15.1. The lowest BCUT2D eigenvalue weighted by atomic mass is 10.1. The van der Waals surface area contributed by atoms with E-state index in [0.29, 0.717) is 12.0 Å². The Labute approximate surface area is 123 Å². The number of carboxylic acids is 1. The number of aromatic amines is 1. The van der Waals surface area contributed by atoms with Crippen molar-refractivity contribution in [3.8, 4) is 0 Å². The number of benzene rings is 1. The van der Waals surface area contributed by atoms with E-state index >= 15 is 0 Å². The number of carboxylic acid groups (broad SMARTS) is 1. The number of hydrogen-bond acceptors (Lipinski definition) is 2. The summed E-state index contributed by atoms with van der Waals surface area (Å²) in [6, 6.07) is 5.12. The number of aliphatic carboxylic acids is 1. The highest BCUT2D eigenvalue weighted by Gasteiger charge is 2.16. The van der Waals surface area contributed by atoms with Crippen molar-refractivity contribution in [2.24, 2.45) is 0 Å². The van der Waals surface area contributed by atoms with Gasteiger partial charge in [0.25, 0.3) is 5.91 Å². The van der Waals surface area contributed by atoms with Crippen LogP contribution in [-0.4, -0.2) is 28.0 Å². The molecule has 0 aliphatic carbocycles. The van der Waals surface area contributed by atoms with Crippen LogP contribution in [0.25, 0.3) is 10.9 Å². The summed E-state index contributed by atoms with van der Waals surface area (Å²) in [5.41, 5.74) is 3.75. The molecule has 1 heterocycles. The van der Waals surface area contributed by atoms with Gasteiger partial charge in [0.05, 0.1) is 6.42 Å². The van der Waals surface area contributed by atoms with Gasteiger partial charge in [-0.25, -0.2) is 0 Å². The standard InChI is InChI=1S/C16H20N2O3/c1-4-12(8-15(19)20)18-16(21)11-5-6-14-13(7-11)9(2)10(3)17-14/h5-7,12,17H,4,8H2,1-3H3,(H,18,21)(H,19,20). The molecule has 2 aromatic rings. The molecule has 1 aromatic heterocycles. The van der Waals surface area contributed by atoms with E-state index in [1.54, 1.807) is 6.07 Å². The van der Waals surface area contributed by atoms with Crippen LogP contribution in [0.1, 0.15) is 41.4 Å². The molecular formula is C16H20N2O3. The molecule has 0 saturated carbocycles. The minimum atomic E-state index is -0.908. The molecule has 0 spiro atoms. The Morgan fingerprint density at radius 2 is 2.05 bits per heavy atom. The molecule has 112 valence electrons. The van der Waals surface area contributed by atoms with E-state index in [9.17, 15) is 9.59 Å². The van der Waals surface area contributed by atoms with Crippen LogP contribution in [-0.2, 0) is 4.79 Å². The number of amides is 1. The highest BCUT2D eigenvalue weighted by atomic mass is 16.4. The molecule has 0 bridgehead atoms. The van der Waals surface area contributed by atoms with Crippen LogP contribution in [0.15, 0.2) is 18.2 Å². The van der Waals surface area contributed by atoms with Gasteiger partial charge in [0, 0.05) is 28.2 Å². The van der Waals surface area contributed by atoms with Crippen LogP contribution in [0.5, 0.6) is 0 Å². The number of rotatable bonds is 5. The van der Waals surface area contributed by atoms with E-state index in [1.165, 1.54) is 0 Å². The number of H-pyrrole nitrogens is 1. The fourth-order valence-electron chi connectivity index (χ4n) is 2.38. The van der Waals surface area contributed by atoms with Gasteiger partial charge in [0.1, 0.15) is 0 Å². The van der Waals surface area contributed by atoms with Crippen LogP contribution < -0.4 is 5.32 Å². The van der Waals surface area contributed by atoms with E-state index in [4.69, 9.17) is 5.11 Å². The fraction of sp³-hybridized carbons (Fsp3) is 0.375. The summed E-state index contributed by atoms with van der Waals surface area (Å²) in [5, 5.41) is 12.6. The second-order valence-electron chi connectivity index (χ2n) is 5.31. The lowest BCUT2D eigenvalue weighted by molar-refractivity contribution is -0.137. The molecular weight excluding hydrogens is 268 g/mol. The molecule has 0 saturated heterocycles. The predicted molar refractivity (Wildman–Crippen MR) is 81.6 cm³/mol. The summed E-state index contributed by atoms with van der Waals surface area (Å²) < 4.78 is 0. The van der Waals surface area contributed by atoms with Gasteiger partial charge in [-0.15, -0.1) is 0 Å². The molecule has 5 nitrogen and oxygen atoms in total. The third-order valence-corrected chi connectivity index (χ3v) is 3.82. The molecule has 3 N–H and O–H groups in total. The molecule has 1 aromatic carbocycles. The summed E-state index contributed by atoms with van der Waals surface area (Å²) >= 11 is 0. The first-order chi connectivity index (χ1) is 9.92. The van der Waals surface area contributed by atoms with E-state index < -0.39 is 5.97 Å². The van der Waals surface area contributed by atoms with E-state index in [1.807, 2.05) is 32.9 Å². The Kier molecular flexibility index (Phi) is 4.31. The maximum absolute atomic E-state index is 12.2. The quantitative estimate of drug-likeness (QED) is 0.791. The summed E-state index contributed by atoms with van der Waals surface area (Å²) in [7, 11) is 0. The zero-order valence-electron chi connectivity index (χ0n) is 12.5. The van der Waals surface area contributed by atoms with Gasteiger partial charge in [0.15, 0.2) is 0 Å². The van der Waals surface area contributed by atoms with Crippen LogP contribution in [0.2, 0.25) is 0 Å². The number of fused-ring (bicyclic) bond motifs is 1. The molecule has 21 heavy (non-hydrogen) atoms. The SMILES string of the molecule is CCC(CC(=O)O)NC(=O)c1ccc2[nH]c(C)c(C)c2c1. The topological polar surface area (TPSA) is 82.2 Å². The molecule has 1 amide bonds. The summed E-state index contributed by atoms with van der Waals surface area (Å²) in [4.78, 5) is 26.3. The van der Waals surface area contributed by atoms with Crippen molar-refractivity contribution in [1.82, 2.24) is 10.3 Å². The molecule has 5 heteroatoms. The molecule has 0 aliphatic heterocycles. The number of aryl methyl sites for hydroxylation is 2. The second kappa shape index (κ2) is 5.99. The zero-order valence-corrected chi connectivity index (χ0v) is 12.5. The Hall–Kier alpha value is -2.30. The fourth-order valence-corrected chi connectivity index (χ4v) is 2.38. The van der Waals surface area contributed by atoms with Crippen molar-refractivity contribution in [1.29, 1.82) is 0 Å². The number of aromatic nitrogens is 1. The molecule has 1 unspecified atom stereocenters. The maximum Gasteiger partial charge on any atom is 0.305 e. The third kappa shape index (κ3) is 3.24. The van der Waals surface area contributed by atoms with Crippen LogP contribution in [0.3, 0.4) is 0 Å². The molecule has 1 atom stereocenters. The van der Waals surface area contributed by atoms with Crippen LogP contribution in [0, 0.1) is 13.8 Å². The van der Waals surface area contributed by atoms with Crippen molar-refractivity contribution < 1.29 is 14.7 Å². The first-order valence-corrected chi connectivity index (χ1v) is 7.04. The Balaban J connectivity index is 2.22. The van der Waals surface area contributed by atoms with Gasteiger partial charge < -0.3 is 15.4 Å². The van der Waals surface area contributed by atoms with E-state index in [0.717, 1.165) is 22.2 Å². The Morgan fingerprint density at radius 1 is 1.33 bits per heavy atom. The first-order valence-electron chi connectivity index (χ1n) is 7.04. The largest absolute Gasteiger partial charge is 0.481 e. The van der Waals surface area contributed by atoms with Gasteiger partial charge >= 0.3 is 5.97 Å². The minimum absolute atomic E-state index is 0.0627. The summed E-state index contributed by atoms with van der Waals surface area (Å²) in [6.45, 7) is 5.86. The highest BCUT2D eigenvalue weighted by Crippen LogP contribution is 2.22.